The number of aromatic nitrogens is 2. The van der Waals surface area contributed by atoms with E-state index in [9.17, 15) is 27.2 Å². The average molecular weight is 456 g/mol. The molecule has 0 bridgehead atoms. The summed E-state index contributed by atoms with van der Waals surface area (Å²) >= 11 is 0. The minimum atomic E-state index is -4.82. The summed E-state index contributed by atoms with van der Waals surface area (Å²) in [6, 6.07) is 13.0. The van der Waals surface area contributed by atoms with E-state index in [2.05, 4.69) is 20.6 Å². The molecule has 10 heteroatoms. The number of nitrogens with one attached hydrogen (secondary N) is 3. The molecule has 1 amide bonds. The lowest BCUT2D eigenvalue weighted by atomic mass is 10.1. The van der Waals surface area contributed by atoms with Crippen LogP contribution >= 0.6 is 0 Å². The molecule has 0 unspecified atom stereocenters. The largest absolute Gasteiger partial charge is 0.416 e. The smallest absolute Gasteiger partial charge is 0.338 e. The lowest BCUT2D eigenvalue weighted by Crippen LogP contribution is -2.16. The number of benzene rings is 2. The molecule has 33 heavy (non-hydrogen) atoms. The lowest BCUT2D eigenvalue weighted by Gasteiger charge is -2.15. The number of nitrogens with zero attached hydrogens (tertiary/aromatic N) is 1. The van der Waals surface area contributed by atoms with Gasteiger partial charge < -0.3 is 15.6 Å². The van der Waals surface area contributed by atoms with Gasteiger partial charge in [-0.2, -0.15) is 13.2 Å². The Morgan fingerprint density at radius 3 is 2.48 bits per heavy atom. The fourth-order valence-corrected chi connectivity index (χ4v) is 3.19. The van der Waals surface area contributed by atoms with Crippen molar-refractivity contribution in [3.05, 3.63) is 93.5 Å². The summed E-state index contributed by atoms with van der Waals surface area (Å²) in [7, 11) is 0. The highest BCUT2D eigenvalue weighted by Gasteiger charge is 2.32. The maximum Gasteiger partial charge on any atom is 0.416 e. The number of hydrogen-bond donors (Lipinski definition) is 3. The average Bonchev–Trinajstić information content (AvgIpc) is 2.74. The van der Waals surface area contributed by atoms with Crippen LogP contribution in [-0.4, -0.2) is 15.9 Å². The predicted molar refractivity (Wildman–Crippen MR) is 116 cm³/mol. The molecule has 0 spiro atoms. The summed E-state index contributed by atoms with van der Waals surface area (Å²) < 4.78 is 52.9. The second-order valence-electron chi connectivity index (χ2n) is 7.26. The van der Waals surface area contributed by atoms with E-state index in [0.717, 1.165) is 5.56 Å². The van der Waals surface area contributed by atoms with Crippen molar-refractivity contribution in [2.45, 2.75) is 13.1 Å². The number of aromatic amines is 1. The van der Waals surface area contributed by atoms with Crippen molar-refractivity contribution < 1.29 is 22.4 Å². The topological polar surface area (TPSA) is 86.9 Å². The summed E-state index contributed by atoms with van der Waals surface area (Å²) in [5.74, 6) is -1.99. The third kappa shape index (κ3) is 4.84. The number of H-pyrrole nitrogens is 1. The van der Waals surface area contributed by atoms with Crippen LogP contribution in [0.1, 0.15) is 21.5 Å². The number of amides is 1. The summed E-state index contributed by atoms with van der Waals surface area (Å²) in [5, 5.41) is 5.54. The number of aryl methyl sites for hydroxylation is 1. The van der Waals surface area contributed by atoms with Gasteiger partial charge in [0, 0.05) is 17.3 Å². The maximum absolute atomic E-state index is 13.8. The molecule has 2 aromatic carbocycles. The molecule has 3 N–H and O–H groups in total. The van der Waals surface area contributed by atoms with Crippen LogP contribution in [0.15, 0.2) is 65.5 Å². The highest BCUT2D eigenvalue weighted by molar-refractivity contribution is 6.07. The molecule has 0 radical (unpaired) electrons. The van der Waals surface area contributed by atoms with Crippen molar-refractivity contribution in [2.75, 3.05) is 10.6 Å². The van der Waals surface area contributed by atoms with Gasteiger partial charge in [-0.3, -0.25) is 9.59 Å². The molecular weight excluding hydrogens is 440 g/mol. The number of para-hydroxylation sites is 1. The van der Waals surface area contributed by atoms with E-state index in [1.54, 1.807) is 12.1 Å². The highest BCUT2D eigenvalue weighted by Crippen LogP contribution is 2.32. The fourth-order valence-electron chi connectivity index (χ4n) is 3.19. The third-order valence-corrected chi connectivity index (χ3v) is 4.84. The second-order valence-corrected chi connectivity index (χ2v) is 7.26. The summed E-state index contributed by atoms with van der Waals surface area (Å²) in [6.07, 6.45) is -4.82. The monoisotopic (exact) mass is 456 g/mol. The van der Waals surface area contributed by atoms with Crippen LogP contribution in [0.2, 0.25) is 0 Å². The first-order valence-corrected chi connectivity index (χ1v) is 9.66. The van der Waals surface area contributed by atoms with Gasteiger partial charge in [-0.1, -0.05) is 18.2 Å². The molecule has 0 saturated carbocycles. The maximum atomic E-state index is 13.8. The van der Waals surface area contributed by atoms with Gasteiger partial charge in [-0.05, 0) is 48.9 Å². The Morgan fingerprint density at radius 2 is 1.76 bits per heavy atom. The SMILES string of the molecule is Cc1ccccc1Nc1nc2ccc(=O)[nH]c2cc1NC(=O)c1cc(F)cc(C(F)(F)F)c1. The van der Waals surface area contributed by atoms with Crippen molar-refractivity contribution >= 4 is 34.1 Å². The first-order chi connectivity index (χ1) is 15.6. The van der Waals surface area contributed by atoms with Crippen molar-refractivity contribution in [3.8, 4) is 0 Å². The lowest BCUT2D eigenvalue weighted by molar-refractivity contribution is -0.137. The van der Waals surface area contributed by atoms with Crippen LogP contribution in [0.3, 0.4) is 0 Å². The van der Waals surface area contributed by atoms with Crippen LogP contribution in [0.4, 0.5) is 34.8 Å². The van der Waals surface area contributed by atoms with Crippen molar-refractivity contribution in [1.82, 2.24) is 9.97 Å². The molecule has 4 aromatic rings. The van der Waals surface area contributed by atoms with Gasteiger partial charge in [0.25, 0.3) is 5.91 Å². The van der Waals surface area contributed by atoms with Crippen molar-refractivity contribution in [3.63, 3.8) is 0 Å². The Morgan fingerprint density at radius 1 is 1.00 bits per heavy atom. The van der Waals surface area contributed by atoms with E-state index in [4.69, 9.17) is 0 Å². The van der Waals surface area contributed by atoms with Crippen LogP contribution in [0.25, 0.3) is 11.0 Å². The molecule has 0 atom stereocenters. The zero-order chi connectivity index (χ0) is 23.8. The quantitative estimate of drug-likeness (QED) is 0.360. The van der Waals surface area contributed by atoms with Crippen LogP contribution < -0.4 is 16.2 Å². The number of carbonyl (C=O) groups is 1. The van der Waals surface area contributed by atoms with E-state index in [0.29, 0.717) is 34.9 Å². The van der Waals surface area contributed by atoms with Crippen LogP contribution in [0, 0.1) is 12.7 Å². The van der Waals surface area contributed by atoms with Gasteiger partial charge in [0.1, 0.15) is 5.82 Å². The molecule has 2 aromatic heterocycles. The molecule has 168 valence electrons. The molecule has 0 aliphatic heterocycles. The van der Waals surface area contributed by atoms with Crippen LogP contribution in [-0.2, 0) is 6.18 Å². The summed E-state index contributed by atoms with van der Waals surface area (Å²) in [4.78, 5) is 31.4. The Balaban J connectivity index is 1.77. The van der Waals surface area contributed by atoms with Gasteiger partial charge in [-0.25, -0.2) is 9.37 Å². The first kappa shape index (κ1) is 22.0. The zero-order valence-electron chi connectivity index (χ0n) is 17.0. The Kier molecular flexibility index (Phi) is 5.59. The minimum Gasteiger partial charge on any atom is -0.338 e. The van der Waals surface area contributed by atoms with E-state index < -0.39 is 34.6 Å². The highest BCUT2D eigenvalue weighted by atomic mass is 19.4. The van der Waals surface area contributed by atoms with Gasteiger partial charge in [-0.15, -0.1) is 0 Å². The number of alkyl halides is 3. The molecule has 0 aliphatic carbocycles. The predicted octanol–water partition coefficient (Wildman–Crippen LogP) is 5.39. The molecule has 2 heterocycles. The van der Waals surface area contributed by atoms with Crippen LogP contribution in [0.5, 0.6) is 0 Å². The third-order valence-electron chi connectivity index (χ3n) is 4.84. The molecular formula is C23H16F4N4O2. The first-order valence-electron chi connectivity index (χ1n) is 9.66. The number of halogens is 4. The normalized spacial score (nSPS) is 11.4. The van der Waals surface area contributed by atoms with E-state index in [-0.39, 0.29) is 11.5 Å². The Bertz CT molecular complexity index is 1430. The Hall–Kier alpha value is -4.21. The number of carbonyl (C=O) groups excluding carboxylic acids is 1. The second kappa shape index (κ2) is 8.38. The molecule has 6 nitrogen and oxygen atoms in total. The Labute approximate surface area is 184 Å². The van der Waals surface area contributed by atoms with Gasteiger partial charge in [0.15, 0.2) is 5.82 Å². The van der Waals surface area contributed by atoms with E-state index >= 15 is 0 Å². The van der Waals surface area contributed by atoms with E-state index in [1.807, 2.05) is 19.1 Å². The number of fused-ring (bicyclic) bond motifs is 1. The van der Waals surface area contributed by atoms with E-state index in [1.165, 1.54) is 18.2 Å². The molecule has 4 rings (SSSR count). The molecule has 0 saturated heterocycles. The van der Waals surface area contributed by atoms with Crippen molar-refractivity contribution in [1.29, 1.82) is 0 Å². The number of hydrogen-bond acceptors (Lipinski definition) is 4. The number of pyridine rings is 2. The number of anilines is 3. The fraction of sp³-hybridized carbons (Fsp3) is 0.0870. The summed E-state index contributed by atoms with van der Waals surface area (Å²) in [5.41, 5.74) is 0.124. The number of rotatable bonds is 4. The zero-order valence-corrected chi connectivity index (χ0v) is 17.0. The van der Waals surface area contributed by atoms with Crippen molar-refractivity contribution in [2.24, 2.45) is 0 Å². The standard InChI is InChI=1S/C23H16F4N4O2/c1-12-4-2-3-5-16(12)29-21-19(11-18-17(30-21)6-7-20(32)28-18)31-22(33)13-8-14(23(25,26)27)10-15(24)9-13/h2-11H,1H3,(H,28,32)(H,29,30)(H,31,33). The van der Waals surface area contributed by atoms with Gasteiger partial charge >= 0.3 is 6.18 Å². The molecule has 0 fully saturated rings. The summed E-state index contributed by atoms with van der Waals surface area (Å²) in [6.45, 7) is 1.85. The molecule has 0 aliphatic rings. The minimum absolute atomic E-state index is 0.0791. The van der Waals surface area contributed by atoms with Gasteiger partial charge in [0.2, 0.25) is 5.56 Å². The van der Waals surface area contributed by atoms with Gasteiger partial charge in [0.05, 0.1) is 22.3 Å².